The Morgan fingerprint density at radius 2 is 1.90 bits per heavy atom. The van der Waals surface area contributed by atoms with Crippen LogP contribution in [-0.2, 0) is 6.42 Å². The van der Waals surface area contributed by atoms with Crippen molar-refractivity contribution >= 4 is 0 Å². The highest BCUT2D eigenvalue weighted by Gasteiger charge is 2.22. The second-order valence-corrected chi connectivity index (χ2v) is 4.89. The van der Waals surface area contributed by atoms with E-state index in [9.17, 15) is 4.39 Å². The van der Waals surface area contributed by atoms with Crippen LogP contribution in [0.2, 0.25) is 0 Å². The number of nitrogens with one attached hydrogen (secondary N) is 1. The van der Waals surface area contributed by atoms with Crippen molar-refractivity contribution in [3.63, 3.8) is 0 Å². The van der Waals surface area contributed by atoms with Gasteiger partial charge in [-0.3, -0.25) is 11.3 Å². The quantitative estimate of drug-likeness (QED) is 0.670. The number of hydrazine groups is 1. The first-order valence-electron chi connectivity index (χ1n) is 6.87. The number of rotatable bonds is 4. The molecule has 0 aromatic heterocycles. The Hall–Kier alpha value is -2.11. The Labute approximate surface area is 122 Å². The molecular formula is C16H17FN2O2. The average molecular weight is 288 g/mol. The summed E-state index contributed by atoms with van der Waals surface area (Å²) < 4.78 is 25.1. The Bertz CT molecular complexity index is 633. The maximum Gasteiger partial charge on any atom is 0.166 e. The van der Waals surface area contributed by atoms with Crippen LogP contribution in [0.1, 0.15) is 17.2 Å². The summed E-state index contributed by atoms with van der Waals surface area (Å²) in [4.78, 5) is 0. The van der Waals surface area contributed by atoms with Crippen LogP contribution < -0.4 is 20.7 Å². The zero-order valence-corrected chi connectivity index (χ0v) is 11.5. The normalized spacial score (nSPS) is 14.8. The molecule has 0 radical (unpaired) electrons. The molecular weight excluding hydrogens is 271 g/mol. The van der Waals surface area contributed by atoms with Gasteiger partial charge in [-0.1, -0.05) is 30.3 Å². The van der Waals surface area contributed by atoms with E-state index in [1.807, 2.05) is 24.3 Å². The van der Waals surface area contributed by atoms with E-state index in [1.54, 1.807) is 12.1 Å². The molecule has 1 atom stereocenters. The molecule has 3 rings (SSSR count). The number of hydrogen-bond donors (Lipinski definition) is 2. The van der Waals surface area contributed by atoms with Crippen molar-refractivity contribution in [2.45, 2.75) is 12.5 Å². The monoisotopic (exact) mass is 288 g/mol. The lowest BCUT2D eigenvalue weighted by atomic mass is 9.97. The predicted octanol–water partition coefficient (Wildman–Crippen LogP) is 2.34. The number of hydrogen-bond acceptors (Lipinski definition) is 4. The zero-order chi connectivity index (χ0) is 14.7. The summed E-state index contributed by atoms with van der Waals surface area (Å²) in [5.74, 6) is 6.82. The zero-order valence-electron chi connectivity index (χ0n) is 11.5. The van der Waals surface area contributed by atoms with E-state index in [0.717, 1.165) is 5.56 Å². The highest BCUT2D eigenvalue weighted by Crippen LogP contribution is 2.37. The first-order chi connectivity index (χ1) is 10.3. The molecule has 0 saturated carbocycles. The van der Waals surface area contributed by atoms with Gasteiger partial charge in [0.1, 0.15) is 19.0 Å². The van der Waals surface area contributed by atoms with Crippen LogP contribution in [-0.4, -0.2) is 13.2 Å². The van der Waals surface area contributed by atoms with Gasteiger partial charge in [0.05, 0.1) is 6.04 Å². The molecule has 0 fully saturated rings. The van der Waals surface area contributed by atoms with Crippen LogP contribution in [0.4, 0.5) is 4.39 Å². The fourth-order valence-electron chi connectivity index (χ4n) is 2.51. The molecule has 0 amide bonds. The van der Waals surface area contributed by atoms with Crippen molar-refractivity contribution in [2.75, 3.05) is 13.2 Å². The lowest BCUT2D eigenvalue weighted by Crippen LogP contribution is -2.31. The van der Waals surface area contributed by atoms with Crippen molar-refractivity contribution in [3.8, 4) is 11.5 Å². The number of nitrogens with two attached hydrogens (primary N) is 1. The van der Waals surface area contributed by atoms with Gasteiger partial charge in [0, 0.05) is 5.56 Å². The highest BCUT2D eigenvalue weighted by molar-refractivity contribution is 5.49. The smallest absolute Gasteiger partial charge is 0.166 e. The molecule has 0 bridgehead atoms. The summed E-state index contributed by atoms with van der Waals surface area (Å²) in [6, 6.07) is 12.1. The molecule has 21 heavy (non-hydrogen) atoms. The van der Waals surface area contributed by atoms with Crippen molar-refractivity contribution in [2.24, 2.45) is 5.84 Å². The Morgan fingerprint density at radius 3 is 2.71 bits per heavy atom. The Kier molecular flexibility index (Phi) is 4.03. The van der Waals surface area contributed by atoms with Crippen LogP contribution >= 0.6 is 0 Å². The molecule has 0 saturated heterocycles. The first-order valence-corrected chi connectivity index (χ1v) is 6.87. The van der Waals surface area contributed by atoms with Crippen LogP contribution in [0.15, 0.2) is 42.5 Å². The molecule has 5 heteroatoms. The maximum atomic E-state index is 13.8. The topological polar surface area (TPSA) is 56.5 Å². The largest absolute Gasteiger partial charge is 0.486 e. The van der Waals surface area contributed by atoms with Gasteiger partial charge < -0.3 is 9.47 Å². The van der Waals surface area contributed by atoms with Crippen molar-refractivity contribution in [3.05, 3.63) is 59.4 Å². The molecule has 0 aliphatic carbocycles. The minimum absolute atomic E-state index is 0.236. The third kappa shape index (κ3) is 2.84. The highest BCUT2D eigenvalue weighted by atomic mass is 19.1. The molecule has 1 unspecified atom stereocenters. The predicted molar refractivity (Wildman–Crippen MR) is 77.6 cm³/mol. The number of benzene rings is 2. The molecule has 2 aromatic carbocycles. The van der Waals surface area contributed by atoms with Gasteiger partial charge in [-0.05, 0) is 24.1 Å². The molecule has 1 aliphatic rings. The maximum absolute atomic E-state index is 13.8. The number of ether oxygens (including phenoxy) is 2. The van der Waals surface area contributed by atoms with E-state index in [-0.39, 0.29) is 11.9 Å². The molecule has 1 aliphatic heterocycles. The van der Waals surface area contributed by atoms with Crippen LogP contribution in [0, 0.1) is 5.82 Å². The minimum Gasteiger partial charge on any atom is -0.486 e. The SMILES string of the molecule is NNC(Cc1ccccc1F)c1cccc2c1OCCO2. The van der Waals surface area contributed by atoms with Crippen molar-refractivity contribution in [1.29, 1.82) is 0 Å². The van der Waals surface area contributed by atoms with Gasteiger partial charge in [0.15, 0.2) is 11.5 Å². The lowest BCUT2D eigenvalue weighted by molar-refractivity contribution is 0.168. The van der Waals surface area contributed by atoms with E-state index in [1.165, 1.54) is 6.07 Å². The summed E-state index contributed by atoms with van der Waals surface area (Å²) in [6.45, 7) is 1.03. The van der Waals surface area contributed by atoms with Crippen LogP contribution in [0.5, 0.6) is 11.5 Å². The number of fused-ring (bicyclic) bond motifs is 1. The summed E-state index contributed by atoms with van der Waals surface area (Å²) in [7, 11) is 0. The van der Waals surface area contributed by atoms with Gasteiger partial charge in [-0.15, -0.1) is 0 Å². The standard InChI is InChI=1S/C16H17FN2O2/c17-13-6-2-1-4-11(13)10-14(19-18)12-5-3-7-15-16(12)21-9-8-20-15/h1-7,14,19H,8-10,18H2. The molecule has 3 N–H and O–H groups in total. The summed E-state index contributed by atoms with van der Waals surface area (Å²) in [5.41, 5.74) is 4.22. The van der Waals surface area contributed by atoms with E-state index in [4.69, 9.17) is 15.3 Å². The van der Waals surface area contributed by atoms with E-state index in [0.29, 0.717) is 36.7 Å². The minimum atomic E-state index is -0.251. The van der Waals surface area contributed by atoms with E-state index in [2.05, 4.69) is 5.43 Å². The third-order valence-electron chi connectivity index (χ3n) is 3.56. The summed E-state index contributed by atoms with van der Waals surface area (Å²) in [5, 5.41) is 0. The van der Waals surface area contributed by atoms with Gasteiger partial charge in [-0.25, -0.2) is 4.39 Å². The van der Waals surface area contributed by atoms with Crippen LogP contribution in [0.25, 0.3) is 0 Å². The fraction of sp³-hybridized carbons (Fsp3) is 0.250. The Morgan fingerprint density at radius 1 is 1.10 bits per heavy atom. The van der Waals surface area contributed by atoms with Crippen molar-refractivity contribution < 1.29 is 13.9 Å². The lowest BCUT2D eigenvalue weighted by Gasteiger charge is -2.25. The molecule has 2 aromatic rings. The van der Waals surface area contributed by atoms with Gasteiger partial charge >= 0.3 is 0 Å². The van der Waals surface area contributed by atoms with Gasteiger partial charge in [-0.2, -0.15) is 0 Å². The van der Waals surface area contributed by atoms with Crippen molar-refractivity contribution in [1.82, 2.24) is 5.43 Å². The summed E-state index contributed by atoms with van der Waals surface area (Å²) >= 11 is 0. The van der Waals surface area contributed by atoms with Crippen LogP contribution in [0.3, 0.4) is 0 Å². The molecule has 110 valence electrons. The van der Waals surface area contributed by atoms with Gasteiger partial charge in [0.2, 0.25) is 0 Å². The second kappa shape index (κ2) is 6.11. The van der Waals surface area contributed by atoms with E-state index >= 15 is 0 Å². The molecule has 0 spiro atoms. The number of halogens is 1. The Balaban J connectivity index is 1.92. The third-order valence-corrected chi connectivity index (χ3v) is 3.56. The fourth-order valence-corrected chi connectivity index (χ4v) is 2.51. The van der Waals surface area contributed by atoms with E-state index < -0.39 is 0 Å². The molecule has 1 heterocycles. The second-order valence-electron chi connectivity index (χ2n) is 4.89. The number of para-hydroxylation sites is 1. The van der Waals surface area contributed by atoms with Gasteiger partial charge in [0.25, 0.3) is 0 Å². The first kappa shape index (κ1) is 13.9. The molecule has 4 nitrogen and oxygen atoms in total. The average Bonchev–Trinajstić information content (AvgIpc) is 2.54. The summed E-state index contributed by atoms with van der Waals surface area (Å²) in [6.07, 6.45) is 0.434.